The van der Waals surface area contributed by atoms with Crippen molar-refractivity contribution < 1.29 is 14.9 Å². The Morgan fingerprint density at radius 3 is 2.40 bits per heavy atom. The number of methoxy groups -OCH3 is 1. The van der Waals surface area contributed by atoms with Gasteiger partial charge in [-0.2, -0.15) is 0 Å². The number of halogens is 2. The Balaban J connectivity index is 0.00000155. The first-order chi connectivity index (χ1) is 14.5. The Morgan fingerprint density at radius 1 is 1.10 bits per heavy atom. The summed E-state index contributed by atoms with van der Waals surface area (Å²) >= 11 is 13.8. The van der Waals surface area contributed by atoms with Gasteiger partial charge in [-0.15, -0.1) is 11.3 Å². The molecule has 1 aromatic heterocycles. The van der Waals surface area contributed by atoms with Gasteiger partial charge in [-0.1, -0.05) is 54.0 Å². The van der Waals surface area contributed by atoms with Crippen molar-refractivity contribution in [2.45, 2.75) is 19.4 Å². The minimum atomic E-state index is -0.0474. The number of rotatable bonds is 8. The highest BCUT2D eigenvalue weighted by Crippen LogP contribution is 2.33. The van der Waals surface area contributed by atoms with Crippen LogP contribution in [0.3, 0.4) is 0 Å². The number of allylic oxidation sites excluding steroid dienone is 1. The average Bonchev–Trinajstić information content (AvgIpc) is 3.13. The van der Waals surface area contributed by atoms with Crippen molar-refractivity contribution in [1.82, 2.24) is 0 Å². The van der Waals surface area contributed by atoms with Gasteiger partial charge in [-0.25, -0.2) is 0 Å². The molecule has 0 atom stereocenters. The summed E-state index contributed by atoms with van der Waals surface area (Å²) in [6, 6.07) is 15.8. The molecular weight excluding hydrogens is 441 g/mol. The van der Waals surface area contributed by atoms with Crippen LogP contribution in [-0.4, -0.2) is 24.4 Å². The van der Waals surface area contributed by atoms with E-state index in [1.54, 1.807) is 13.2 Å². The number of anilines is 1. The number of aryl methyl sites for hydroxylation is 1. The molecule has 4 nitrogen and oxygen atoms in total. The second-order valence-electron chi connectivity index (χ2n) is 6.33. The lowest BCUT2D eigenvalue weighted by molar-refractivity contribution is 0.283. The van der Waals surface area contributed by atoms with Crippen molar-refractivity contribution >= 4 is 39.5 Å². The molecule has 0 aliphatic rings. The van der Waals surface area contributed by atoms with Gasteiger partial charge in [0.05, 0.1) is 28.1 Å². The molecule has 2 aromatic carbocycles. The fourth-order valence-corrected chi connectivity index (χ4v) is 4.33. The lowest BCUT2D eigenvalue weighted by atomic mass is 10.0. The maximum Gasteiger partial charge on any atom is 0.120 e. The molecule has 1 heterocycles. The highest BCUT2D eigenvalue weighted by Gasteiger charge is 2.09. The van der Waals surface area contributed by atoms with E-state index in [4.69, 9.17) is 33.0 Å². The molecule has 0 aliphatic heterocycles. The molecule has 3 rings (SSSR count). The van der Waals surface area contributed by atoms with E-state index in [2.05, 4.69) is 36.2 Å². The van der Waals surface area contributed by atoms with Gasteiger partial charge < -0.3 is 20.3 Å². The molecule has 3 aromatic rings. The van der Waals surface area contributed by atoms with Gasteiger partial charge >= 0.3 is 0 Å². The maximum atomic E-state index is 9.38. The minimum Gasteiger partial charge on any atom is -0.497 e. The third-order valence-corrected chi connectivity index (χ3v) is 5.93. The molecular formula is C23H25Cl2NO3S. The summed E-state index contributed by atoms with van der Waals surface area (Å²) in [5.74, 6) is 0.743. The van der Waals surface area contributed by atoms with E-state index in [9.17, 15) is 5.11 Å². The quantitative estimate of drug-likeness (QED) is 0.360. The molecule has 3 N–H and O–H groups in total. The van der Waals surface area contributed by atoms with Crippen LogP contribution in [0.15, 0.2) is 60.8 Å². The molecule has 0 aliphatic carbocycles. The zero-order valence-corrected chi connectivity index (χ0v) is 19.2. The highest BCUT2D eigenvalue weighted by molar-refractivity contribution is 7.20. The molecule has 0 unspecified atom stereocenters. The summed E-state index contributed by atoms with van der Waals surface area (Å²) in [6.45, 7) is 4.04. The third kappa shape index (κ3) is 6.49. The summed E-state index contributed by atoms with van der Waals surface area (Å²) in [5.41, 5.74) is 4.93. The molecule has 0 saturated heterocycles. The lowest BCUT2D eigenvalue weighted by Crippen LogP contribution is -2.00. The molecule has 7 heteroatoms. The summed E-state index contributed by atoms with van der Waals surface area (Å²) < 4.78 is 5.84. The molecule has 160 valence electrons. The van der Waals surface area contributed by atoms with Crippen molar-refractivity contribution in [3.8, 4) is 16.9 Å². The number of benzene rings is 2. The predicted molar refractivity (Wildman–Crippen MR) is 128 cm³/mol. The van der Waals surface area contributed by atoms with E-state index < -0.39 is 0 Å². The molecule has 0 amide bonds. The van der Waals surface area contributed by atoms with Gasteiger partial charge in [0.1, 0.15) is 5.75 Å². The van der Waals surface area contributed by atoms with Crippen molar-refractivity contribution in [3.05, 3.63) is 81.3 Å². The number of aliphatic hydroxyl groups excluding tert-OH is 2. The first kappa shape index (κ1) is 24.3. The van der Waals surface area contributed by atoms with Crippen molar-refractivity contribution in [3.63, 3.8) is 0 Å². The Kier molecular flexibility index (Phi) is 9.69. The van der Waals surface area contributed by atoms with Crippen molar-refractivity contribution in [2.24, 2.45) is 0 Å². The van der Waals surface area contributed by atoms with E-state index in [-0.39, 0.29) is 6.61 Å². The first-order valence-corrected chi connectivity index (χ1v) is 10.8. The van der Waals surface area contributed by atoms with Crippen LogP contribution in [0.25, 0.3) is 11.1 Å². The number of ether oxygens (including phenoxy) is 1. The number of nitrogens with one attached hydrogen (secondary N) is 1. The SMILES string of the molecule is C=C(CCc1ccc(-c2ccc(OC)cc2Cl)cc1)Nc1sc(Cl)cc1CO.CO. The van der Waals surface area contributed by atoms with Crippen LogP contribution in [0.2, 0.25) is 9.36 Å². The first-order valence-electron chi connectivity index (χ1n) is 9.21. The number of aliphatic hydroxyl groups is 2. The van der Waals surface area contributed by atoms with Crippen LogP contribution in [0.1, 0.15) is 17.5 Å². The minimum absolute atomic E-state index is 0.0474. The number of hydrogen-bond donors (Lipinski definition) is 3. The predicted octanol–water partition coefficient (Wildman–Crippen LogP) is 6.39. The maximum absolute atomic E-state index is 9.38. The van der Waals surface area contributed by atoms with Gasteiger partial charge in [-0.05, 0) is 48.2 Å². The highest BCUT2D eigenvalue weighted by atomic mass is 35.5. The standard InChI is InChI=1S/C22H21Cl2NO2S.CH4O/c1-14(25-22-17(13-26)11-21(24)28-22)3-4-15-5-7-16(8-6-15)19-10-9-18(27-2)12-20(19)23;1-2/h5-12,25-26H,1,3-4,13H2,2H3;2H,1H3. The zero-order valence-electron chi connectivity index (χ0n) is 16.9. The van der Waals surface area contributed by atoms with Gasteiger partial charge in [0.15, 0.2) is 0 Å². The molecule has 0 bridgehead atoms. The van der Waals surface area contributed by atoms with Crippen LogP contribution < -0.4 is 10.1 Å². The smallest absolute Gasteiger partial charge is 0.120 e. The van der Waals surface area contributed by atoms with Crippen LogP contribution >= 0.6 is 34.5 Å². The molecule has 0 saturated carbocycles. The fourth-order valence-electron chi connectivity index (χ4n) is 2.84. The van der Waals surface area contributed by atoms with Crippen LogP contribution in [0, 0.1) is 0 Å². The summed E-state index contributed by atoms with van der Waals surface area (Å²) in [5, 5.41) is 21.2. The largest absolute Gasteiger partial charge is 0.497 e. The van der Waals surface area contributed by atoms with Gasteiger partial charge in [0.2, 0.25) is 0 Å². The Morgan fingerprint density at radius 2 is 1.80 bits per heavy atom. The van der Waals surface area contributed by atoms with Crippen molar-refractivity contribution in [1.29, 1.82) is 0 Å². The Bertz CT molecular complexity index is 971. The second-order valence-corrected chi connectivity index (χ2v) is 8.42. The second kappa shape index (κ2) is 12.0. The zero-order chi connectivity index (χ0) is 22.1. The Labute approximate surface area is 191 Å². The number of thiophene rings is 1. The average molecular weight is 466 g/mol. The monoisotopic (exact) mass is 465 g/mol. The summed E-state index contributed by atoms with van der Waals surface area (Å²) in [4.78, 5) is 0. The van der Waals surface area contributed by atoms with E-state index in [0.29, 0.717) is 9.36 Å². The fraction of sp³-hybridized carbons (Fsp3) is 0.217. The van der Waals surface area contributed by atoms with Crippen LogP contribution in [0.4, 0.5) is 5.00 Å². The van der Waals surface area contributed by atoms with E-state index in [1.807, 2.05) is 18.2 Å². The molecule has 0 fully saturated rings. The van der Waals surface area contributed by atoms with Gasteiger partial charge in [-0.3, -0.25) is 0 Å². The summed E-state index contributed by atoms with van der Waals surface area (Å²) in [7, 11) is 2.63. The van der Waals surface area contributed by atoms with E-state index in [0.717, 1.165) is 53.1 Å². The van der Waals surface area contributed by atoms with Crippen LogP contribution in [0.5, 0.6) is 5.75 Å². The summed E-state index contributed by atoms with van der Waals surface area (Å²) in [6.07, 6.45) is 1.64. The van der Waals surface area contributed by atoms with Crippen molar-refractivity contribution in [2.75, 3.05) is 19.5 Å². The normalized spacial score (nSPS) is 10.2. The van der Waals surface area contributed by atoms with Gasteiger partial charge in [0, 0.05) is 23.9 Å². The third-order valence-electron chi connectivity index (χ3n) is 4.40. The Hall–Kier alpha value is -2.02. The number of hydrogen-bond acceptors (Lipinski definition) is 5. The lowest BCUT2D eigenvalue weighted by Gasteiger charge is -2.10. The topological polar surface area (TPSA) is 61.7 Å². The van der Waals surface area contributed by atoms with E-state index in [1.165, 1.54) is 16.9 Å². The molecule has 30 heavy (non-hydrogen) atoms. The van der Waals surface area contributed by atoms with Gasteiger partial charge in [0.25, 0.3) is 0 Å². The van der Waals surface area contributed by atoms with Crippen LogP contribution in [-0.2, 0) is 13.0 Å². The van der Waals surface area contributed by atoms with E-state index >= 15 is 0 Å². The molecule has 0 spiro atoms. The molecule has 0 radical (unpaired) electrons.